The molecule has 0 aliphatic rings. The summed E-state index contributed by atoms with van der Waals surface area (Å²) in [5.74, 6) is 0.677. The average molecular weight is 391 g/mol. The minimum absolute atomic E-state index is 0.101. The standard InChI is InChI=1S/C24H25NO4/c1-4-5-14-28-22-13-10-18-15-20(7-6-19(18)16-22)24(27)29-21-11-8-17(9-12-21)23(26)25(2)3/h6-13,15-16H,4-5,14H2,1-3H3. The van der Waals surface area contributed by atoms with E-state index in [1.165, 1.54) is 4.90 Å². The summed E-state index contributed by atoms with van der Waals surface area (Å²) in [4.78, 5) is 25.9. The Balaban J connectivity index is 1.70. The Hall–Kier alpha value is -3.34. The molecule has 0 aromatic heterocycles. The van der Waals surface area contributed by atoms with Crippen LogP contribution in [0.15, 0.2) is 60.7 Å². The smallest absolute Gasteiger partial charge is 0.343 e. The topological polar surface area (TPSA) is 55.8 Å². The molecule has 0 spiro atoms. The monoisotopic (exact) mass is 391 g/mol. The van der Waals surface area contributed by atoms with Crippen LogP contribution in [0.25, 0.3) is 10.8 Å². The summed E-state index contributed by atoms with van der Waals surface area (Å²) in [6.45, 7) is 2.83. The van der Waals surface area contributed by atoms with Crippen LogP contribution < -0.4 is 9.47 Å². The predicted molar refractivity (Wildman–Crippen MR) is 114 cm³/mol. The number of ether oxygens (including phenoxy) is 2. The third-order valence-corrected chi connectivity index (χ3v) is 4.53. The fourth-order valence-electron chi connectivity index (χ4n) is 2.86. The van der Waals surface area contributed by atoms with E-state index in [-0.39, 0.29) is 5.91 Å². The van der Waals surface area contributed by atoms with Gasteiger partial charge in [-0.2, -0.15) is 0 Å². The zero-order valence-corrected chi connectivity index (χ0v) is 17.0. The van der Waals surface area contributed by atoms with Gasteiger partial charge < -0.3 is 14.4 Å². The van der Waals surface area contributed by atoms with E-state index < -0.39 is 5.97 Å². The molecule has 0 N–H and O–H groups in total. The Bertz CT molecular complexity index is 1010. The molecule has 150 valence electrons. The minimum atomic E-state index is -0.443. The normalized spacial score (nSPS) is 10.6. The summed E-state index contributed by atoms with van der Waals surface area (Å²) < 4.78 is 11.2. The van der Waals surface area contributed by atoms with E-state index in [9.17, 15) is 9.59 Å². The van der Waals surface area contributed by atoms with Crippen molar-refractivity contribution < 1.29 is 19.1 Å². The fraction of sp³-hybridized carbons (Fsp3) is 0.250. The molecule has 5 heteroatoms. The lowest BCUT2D eigenvalue weighted by atomic mass is 10.1. The third-order valence-electron chi connectivity index (χ3n) is 4.53. The van der Waals surface area contributed by atoms with E-state index >= 15 is 0 Å². The maximum absolute atomic E-state index is 12.5. The van der Waals surface area contributed by atoms with Crippen LogP contribution in [0.3, 0.4) is 0 Å². The molecule has 3 rings (SSSR count). The van der Waals surface area contributed by atoms with Gasteiger partial charge in [-0.1, -0.05) is 25.5 Å². The fourth-order valence-corrected chi connectivity index (χ4v) is 2.86. The van der Waals surface area contributed by atoms with Gasteiger partial charge in [-0.05, 0) is 65.7 Å². The molecule has 0 saturated carbocycles. The highest BCUT2D eigenvalue weighted by Crippen LogP contribution is 2.23. The first-order valence-electron chi connectivity index (χ1n) is 9.68. The second-order valence-electron chi connectivity index (χ2n) is 7.04. The van der Waals surface area contributed by atoms with E-state index in [1.807, 2.05) is 24.3 Å². The van der Waals surface area contributed by atoms with Crippen LogP contribution in [-0.2, 0) is 0 Å². The summed E-state index contributed by atoms with van der Waals surface area (Å²) in [5.41, 5.74) is 1.00. The van der Waals surface area contributed by atoms with E-state index in [0.717, 1.165) is 29.4 Å². The SMILES string of the molecule is CCCCOc1ccc2cc(C(=O)Oc3ccc(C(=O)N(C)C)cc3)ccc2c1. The zero-order valence-electron chi connectivity index (χ0n) is 17.0. The molecule has 3 aromatic rings. The molecule has 0 aliphatic carbocycles. The molecule has 0 bridgehead atoms. The van der Waals surface area contributed by atoms with Gasteiger partial charge in [0.05, 0.1) is 12.2 Å². The summed E-state index contributed by atoms with van der Waals surface area (Å²) in [5, 5.41) is 1.94. The number of rotatable bonds is 7. The van der Waals surface area contributed by atoms with E-state index in [0.29, 0.717) is 23.5 Å². The molecule has 0 aliphatic heterocycles. The van der Waals surface area contributed by atoms with Crippen LogP contribution in [0.2, 0.25) is 0 Å². The van der Waals surface area contributed by atoms with E-state index in [4.69, 9.17) is 9.47 Å². The number of esters is 1. The van der Waals surface area contributed by atoms with Crippen molar-refractivity contribution in [2.75, 3.05) is 20.7 Å². The number of nitrogens with zero attached hydrogens (tertiary/aromatic N) is 1. The van der Waals surface area contributed by atoms with Crippen molar-refractivity contribution >= 4 is 22.6 Å². The molecule has 0 saturated heterocycles. The van der Waals surface area contributed by atoms with Gasteiger partial charge in [-0.15, -0.1) is 0 Å². The average Bonchev–Trinajstić information content (AvgIpc) is 2.73. The number of carbonyl (C=O) groups is 2. The molecule has 0 fully saturated rings. The van der Waals surface area contributed by atoms with Crippen LogP contribution >= 0.6 is 0 Å². The Morgan fingerprint density at radius 2 is 1.45 bits per heavy atom. The first kappa shape index (κ1) is 20.4. The first-order chi connectivity index (χ1) is 14.0. The molecule has 29 heavy (non-hydrogen) atoms. The molecular weight excluding hydrogens is 366 g/mol. The molecule has 3 aromatic carbocycles. The number of hydrogen-bond donors (Lipinski definition) is 0. The maximum Gasteiger partial charge on any atom is 0.343 e. The van der Waals surface area contributed by atoms with Crippen molar-refractivity contribution in [2.45, 2.75) is 19.8 Å². The van der Waals surface area contributed by atoms with Gasteiger partial charge in [0, 0.05) is 19.7 Å². The lowest BCUT2D eigenvalue weighted by molar-refractivity contribution is 0.0735. The van der Waals surface area contributed by atoms with Crippen LogP contribution in [0, 0.1) is 0 Å². The Kier molecular flexibility index (Phi) is 6.50. The highest BCUT2D eigenvalue weighted by atomic mass is 16.5. The largest absolute Gasteiger partial charge is 0.494 e. The van der Waals surface area contributed by atoms with Crippen molar-refractivity contribution in [3.05, 3.63) is 71.8 Å². The maximum atomic E-state index is 12.5. The highest BCUT2D eigenvalue weighted by Gasteiger charge is 2.12. The summed E-state index contributed by atoms with van der Waals surface area (Å²) >= 11 is 0. The number of fused-ring (bicyclic) bond motifs is 1. The van der Waals surface area contributed by atoms with Gasteiger partial charge in [-0.3, -0.25) is 4.79 Å². The van der Waals surface area contributed by atoms with Crippen LogP contribution in [-0.4, -0.2) is 37.5 Å². The van der Waals surface area contributed by atoms with Crippen molar-refractivity contribution in [3.8, 4) is 11.5 Å². The number of unbranched alkanes of at least 4 members (excludes halogenated alkanes) is 1. The quantitative estimate of drug-likeness (QED) is 0.325. The van der Waals surface area contributed by atoms with E-state index in [1.54, 1.807) is 50.5 Å². The highest BCUT2D eigenvalue weighted by molar-refractivity contribution is 5.97. The van der Waals surface area contributed by atoms with Crippen LogP contribution in [0.5, 0.6) is 11.5 Å². The van der Waals surface area contributed by atoms with Crippen LogP contribution in [0.4, 0.5) is 0 Å². The molecular formula is C24H25NO4. The van der Waals surface area contributed by atoms with Gasteiger partial charge in [0.25, 0.3) is 5.91 Å². The van der Waals surface area contributed by atoms with E-state index in [2.05, 4.69) is 6.92 Å². The Labute approximate surface area is 170 Å². The van der Waals surface area contributed by atoms with Gasteiger partial charge in [-0.25, -0.2) is 4.79 Å². The summed E-state index contributed by atoms with van der Waals surface area (Å²) in [7, 11) is 3.38. The second-order valence-corrected chi connectivity index (χ2v) is 7.04. The predicted octanol–water partition coefficient (Wildman–Crippen LogP) is 4.94. The molecule has 0 radical (unpaired) electrons. The lowest BCUT2D eigenvalue weighted by Gasteiger charge is -2.11. The summed E-state index contributed by atoms with van der Waals surface area (Å²) in [6.07, 6.45) is 2.11. The van der Waals surface area contributed by atoms with Gasteiger partial charge in [0.2, 0.25) is 0 Å². The molecule has 5 nitrogen and oxygen atoms in total. The number of amides is 1. The third kappa shape index (κ3) is 5.13. The molecule has 0 atom stereocenters. The van der Waals surface area contributed by atoms with Crippen molar-refractivity contribution in [1.82, 2.24) is 4.90 Å². The van der Waals surface area contributed by atoms with Crippen molar-refractivity contribution in [2.24, 2.45) is 0 Å². The van der Waals surface area contributed by atoms with Crippen molar-refractivity contribution in [3.63, 3.8) is 0 Å². The lowest BCUT2D eigenvalue weighted by Crippen LogP contribution is -2.21. The van der Waals surface area contributed by atoms with Crippen LogP contribution in [0.1, 0.15) is 40.5 Å². The summed E-state index contributed by atoms with van der Waals surface area (Å²) in [6, 6.07) is 17.8. The van der Waals surface area contributed by atoms with Gasteiger partial charge in [0.1, 0.15) is 11.5 Å². The minimum Gasteiger partial charge on any atom is -0.494 e. The van der Waals surface area contributed by atoms with Gasteiger partial charge in [0.15, 0.2) is 0 Å². The molecule has 1 amide bonds. The second kappa shape index (κ2) is 9.24. The van der Waals surface area contributed by atoms with Crippen molar-refractivity contribution in [1.29, 1.82) is 0 Å². The Morgan fingerprint density at radius 1 is 0.828 bits per heavy atom. The number of carbonyl (C=O) groups excluding carboxylic acids is 2. The van der Waals surface area contributed by atoms with Gasteiger partial charge >= 0.3 is 5.97 Å². The number of hydrogen-bond acceptors (Lipinski definition) is 4. The Morgan fingerprint density at radius 3 is 2.14 bits per heavy atom. The molecule has 0 unspecified atom stereocenters. The zero-order chi connectivity index (χ0) is 20.8. The first-order valence-corrected chi connectivity index (χ1v) is 9.68. The number of benzene rings is 3. The molecule has 0 heterocycles.